The van der Waals surface area contributed by atoms with Crippen LogP contribution in [-0.4, -0.2) is 11.0 Å². The highest BCUT2D eigenvalue weighted by Gasteiger charge is 1.95. The first-order valence-corrected chi connectivity index (χ1v) is 6.34. The summed E-state index contributed by atoms with van der Waals surface area (Å²) in [5, 5.41) is 0. The van der Waals surface area contributed by atoms with Crippen LogP contribution in [0.2, 0.25) is 0 Å². The molecule has 0 heterocycles. The van der Waals surface area contributed by atoms with Gasteiger partial charge in [-0.15, -0.1) is 0 Å². The SMILES string of the molecule is CC(C)CCCCCCCOC(=S)S. The van der Waals surface area contributed by atoms with Crippen LogP contribution in [0.4, 0.5) is 0 Å². The molecule has 0 saturated carbocycles. The van der Waals surface area contributed by atoms with Crippen molar-refractivity contribution in [2.45, 2.75) is 52.4 Å². The largest absolute Gasteiger partial charge is 0.479 e. The van der Waals surface area contributed by atoms with Gasteiger partial charge in [0.1, 0.15) is 0 Å². The van der Waals surface area contributed by atoms with Crippen LogP contribution < -0.4 is 0 Å². The molecule has 0 aliphatic carbocycles. The lowest BCUT2D eigenvalue weighted by Crippen LogP contribution is -1.96. The summed E-state index contributed by atoms with van der Waals surface area (Å²) in [5.41, 5.74) is 0. The minimum Gasteiger partial charge on any atom is -0.479 e. The minimum absolute atomic E-state index is 0.366. The molecule has 0 unspecified atom stereocenters. The van der Waals surface area contributed by atoms with Crippen LogP contribution in [0.5, 0.6) is 0 Å². The molecule has 3 heteroatoms. The van der Waals surface area contributed by atoms with Crippen LogP contribution >= 0.6 is 24.8 Å². The Hall–Kier alpha value is 0.240. The molecular formula is C11H22OS2. The second-order valence-corrected chi connectivity index (χ2v) is 5.14. The van der Waals surface area contributed by atoms with Gasteiger partial charge in [-0.3, -0.25) is 0 Å². The van der Waals surface area contributed by atoms with Crippen LogP contribution in [-0.2, 0) is 4.74 Å². The Bertz CT molecular complexity index is 146. The molecule has 0 aromatic carbocycles. The van der Waals surface area contributed by atoms with E-state index in [0.29, 0.717) is 4.38 Å². The first-order valence-electron chi connectivity index (χ1n) is 5.48. The van der Waals surface area contributed by atoms with E-state index >= 15 is 0 Å². The molecule has 0 aromatic rings. The molecule has 0 amide bonds. The van der Waals surface area contributed by atoms with Crippen molar-refractivity contribution in [3.63, 3.8) is 0 Å². The quantitative estimate of drug-likeness (QED) is 0.383. The van der Waals surface area contributed by atoms with Crippen molar-refractivity contribution in [2.24, 2.45) is 5.92 Å². The summed E-state index contributed by atoms with van der Waals surface area (Å²) in [6, 6.07) is 0. The van der Waals surface area contributed by atoms with Crippen molar-refractivity contribution in [1.82, 2.24) is 0 Å². The summed E-state index contributed by atoms with van der Waals surface area (Å²) >= 11 is 8.57. The molecular weight excluding hydrogens is 212 g/mol. The fourth-order valence-corrected chi connectivity index (χ4v) is 1.52. The summed E-state index contributed by atoms with van der Waals surface area (Å²) in [5.74, 6) is 0.847. The third-order valence-corrected chi connectivity index (χ3v) is 2.40. The van der Waals surface area contributed by atoms with Gasteiger partial charge in [-0.05, 0) is 24.6 Å². The van der Waals surface area contributed by atoms with Gasteiger partial charge in [-0.1, -0.05) is 58.6 Å². The van der Waals surface area contributed by atoms with Crippen molar-refractivity contribution in [1.29, 1.82) is 0 Å². The fourth-order valence-electron chi connectivity index (χ4n) is 1.34. The second kappa shape index (κ2) is 9.78. The predicted molar refractivity (Wildman–Crippen MR) is 70.1 cm³/mol. The number of hydrogen-bond acceptors (Lipinski definition) is 2. The highest BCUT2D eigenvalue weighted by atomic mass is 32.1. The van der Waals surface area contributed by atoms with Gasteiger partial charge in [0, 0.05) is 0 Å². The molecule has 0 aliphatic heterocycles. The Balaban J connectivity index is 2.96. The fraction of sp³-hybridized carbons (Fsp3) is 0.909. The number of ether oxygens (including phenoxy) is 1. The summed E-state index contributed by atoms with van der Waals surface area (Å²) < 4.78 is 5.45. The van der Waals surface area contributed by atoms with Crippen LogP contribution in [0.15, 0.2) is 0 Å². The first kappa shape index (κ1) is 14.2. The average Bonchev–Trinajstić information content (AvgIpc) is 2.08. The molecule has 0 aromatic heterocycles. The van der Waals surface area contributed by atoms with Gasteiger partial charge in [0.15, 0.2) is 0 Å². The molecule has 0 aliphatic rings. The van der Waals surface area contributed by atoms with Crippen molar-refractivity contribution < 1.29 is 4.74 Å². The molecule has 84 valence electrons. The Labute approximate surface area is 99.0 Å². The van der Waals surface area contributed by atoms with Crippen LogP contribution in [0, 0.1) is 5.92 Å². The Kier molecular flexibility index (Phi) is 9.95. The lowest BCUT2D eigenvalue weighted by molar-refractivity contribution is 0.308. The maximum atomic E-state index is 5.08. The average molecular weight is 234 g/mol. The highest BCUT2D eigenvalue weighted by molar-refractivity contribution is 8.10. The molecule has 0 spiro atoms. The Morgan fingerprint density at radius 3 is 2.29 bits per heavy atom. The zero-order chi connectivity index (χ0) is 10.8. The topological polar surface area (TPSA) is 9.23 Å². The smallest absolute Gasteiger partial charge is 0.216 e. The number of hydrogen-bond donors (Lipinski definition) is 1. The third kappa shape index (κ3) is 12.2. The monoisotopic (exact) mass is 234 g/mol. The van der Waals surface area contributed by atoms with E-state index < -0.39 is 0 Å². The molecule has 0 fully saturated rings. The minimum atomic E-state index is 0.366. The molecule has 0 radical (unpaired) electrons. The number of thiol groups is 1. The zero-order valence-electron chi connectivity index (χ0n) is 9.29. The number of rotatable bonds is 8. The zero-order valence-corrected chi connectivity index (χ0v) is 11.0. The summed E-state index contributed by atoms with van der Waals surface area (Å²) in [6.45, 7) is 5.29. The van der Waals surface area contributed by atoms with Gasteiger partial charge < -0.3 is 4.74 Å². The van der Waals surface area contributed by atoms with Gasteiger partial charge in [0.05, 0.1) is 6.61 Å². The van der Waals surface area contributed by atoms with Crippen LogP contribution in [0.25, 0.3) is 0 Å². The summed E-state index contributed by atoms with van der Waals surface area (Å²) in [4.78, 5) is 0. The standard InChI is InChI=1S/C11H22OS2/c1-10(2)8-6-4-3-5-7-9-12-11(13)14/h10H,3-9H2,1-2H3,(H,13,14). The van der Waals surface area contributed by atoms with Gasteiger partial charge in [-0.2, -0.15) is 0 Å². The van der Waals surface area contributed by atoms with Crippen molar-refractivity contribution >= 4 is 29.2 Å². The van der Waals surface area contributed by atoms with E-state index in [1.807, 2.05) is 0 Å². The van der Waals surface area contributed by atoms with E-state index in [1.165, 1.54) is 32.1 Å². The van der Waals surface area contributed by atoms with E-state index in [-0.39, 0.29) is 0 Å². The van der Waals surface area contributed by atoms with E-state index in [4.69, 9.17) is 4.74 Å². The lowest BCUT2D eigenvalue weighted by atomic mass is 10.0. The van der Waals surface area contributed by atoms with E-state index in [2.05, 4.69) is 38.7 Å². The highest BCUT2D eigenvalue weighted by Crippen LogP contribution is 2.10. The molecule has 0 N–H and O–H groups in total. The molecule has 0 rings (SSSR count). The van der Waals surface area contributed by atoms with Crippen LogP contribution in [0.1, 0.15) is 52.4 Å². The Morgan fingerprint density at radius 1 is 1.14 bits per heavy atom. The predicted octanol–water partition coefficient (Wildman–Crippen LogP) is 4.21. The van der Waals surface area contributed by atoms with Gasteiger partial charge in [-0.25, -0.2) is 0 Å². The first-order chi connectivity index (χ1) is 6.63. The van der Waals surface area contributed by atoms with E-state index in [0.717, 1.165) is 18.9 Å². The van der Waals surface area contributed by atoms with Gasteiger partial charge >= 0.3 is 0 Å². The summed E-state index contributed by atoms with van der Waals surface area (Å²) in [6.07, 6.45) is 7.73. The maximum absolute atomic E-state index is 5.08. The maximum Gasteiger partial charge on any atom is 0.216 e. The third-order valence-electron chi connectivity index (χ3n) is 2.15. The lowest BCUT2D eigenvalue weighted by Gasteiger charge is -2.04. The van der Waals surface area contributed by atoms with Crippen molar-refractivity contribution in [3.8, 4) is 0 Å². The summed E-state index contributed by atoms with van der Waals surface area (Å²) in [7, 11) is 0. The molecule has 14 heavy (non-hydrogen) atoms. The van der Waals surface area contributed by atoms with Gasteiger partial charge in [0.2, 0.25) is 4.38 Å². The molecule has 1 nitrogen and oxygen atoms in total. The Morgan fingerprint density at radius 2 is 1.71 bits per heavy atom. The van der Waals surface area contributed by atoms with E-state index in [9.17, 15) is 0 Å². The number of thiocarbonyl (C=S) groups is 1. The molecule has 0 atom stereocenters. The van der Waals surface area contributed by atoms with Crippen molar-refractivity contribution in [2.75, 3.05) is 6.61 Å². The molecule has 0 saturated heterocycles. The number of unbranched alkanes of at least 4 members (excludes halogenated alkanes) is 4. The van der Waals surface area contributed by atoms with E-state index in [1.54, 1.807) is 0 Å². The normalized spacial score (nSPS) is 10.6. The van der Waals surface area contributed by atoms with Gasteiger partial charge in [0.25, 0.3) is 0 Å². The van der Waals surface area contributed by atoms with Crippen LogP contribution in [0.3, 0.4) is 0 Å². The molecule has 0 bridgehead atoms. The van der Waals surface area contributed by atoms with Crippen molar-refractivity contribution in [3.05, 3.63) is 0 Å². The second-order valence-electron chi connectivity index (χ2n) is 4.06.